The number of unbranched alkanes of at least 4 members (excludes halogenated alkanes) is 24. The van der Waals surface area contributed by atoms with Crippen LogP contribution in [0.25, 0.3) is 0 Å². The highest BCUT2D eigenvalue weighted by atomic mass is 16.6. The zero-order valence-electron chi connectivity index (χ0n) is 42.7. The van der Waals surface area contributed by atoms with E-state index in [1.807, 2.05) is 24.3 Å². The number of allylic oxidation sites excluding steroid dienone is 18. The quantitative estimate of drug-likeness (QED) is 0.0262. The van der Waals surface area contributed by atoms with Gasteiger partial charge in [-0.1, -0.05) is 233 Å². The van der Waals surface area contributed by atoms with Gasteiger partial charge in [-0.15, -0.1) is 0 Å². The third kappa shape index (κ3) is 51.1. The molecule has 1 atom stereocenters. The van der Waals surface area contributed by atoms with Gasteiger partial charge < -0.3 is 14.2 Å². The van der Waals surface area contributed by atoms with Crippen LogP contribution in [-0.4, -0.2) is 37.2 Å². The van der Waals surface area contributed by atoms with Crippen molar-refractivity contribution < 1.29 is 28.6 Å². The molecule has 6 heteroatoms. The first-order valence-electron chi connectivity index (χ1n) is 27.0. The fourth-order valence-corrected chi connectivity index (χ4v) is 7.09. The van der Waals surface area contributed by atoms with E-state index in [1.54, 1.807) is 0 Å². The molecule has 0 saturated carbocycles. The second kappa shape index (κ2) is 53.7. The zero-order valence-corrected chi connectivity index (χ0v) is 42.7. The Bertz CT molecular complexity index is 1370. The second-order valence-corrected chi connectivity index (χ2v) is 17.6. The average molecular weight is 915 g/mol. The lowest BCUT2D eigenvalue weighted by Gasteiger charge is -2.18. The largest absolute Gasteiger partial charge is 0.462 e. The topological polar surface area (TPSA) is 78.9 Å². The van der Waals surface area contributed by atoms with E-state index in [9.17, 15) is 14.4 Å². The summed E-state index contributed by atoms with van der Waals surface area (Å²) in [7, 11) is 0. The van der Waals surface area contributed by atoms with E-state index >= 15 is 0 Å². The average Bonchev–Trinajstić information content (AvgIpc) is 3.31. The van der Waals surface area contributed by atoms with E-state index < -0.39 is 6.10 Å². The van der Waals surface area contributed by atoms with Crippen molar-refractivity contribution in [2.75, 3.05) is 13.2 Å². The number of ether oxygens (including phenoxy) is 3. The molecule has 0 aromatic carbocycles. The molecule has 0 N–H and O–H groups in total. The van der Waals surface area contributed by atoms with Gasteiger partial charge in [0.25, 0.3) is 0 Å². The molecule has 66 heavy (non-hydrogen) atoms. The molecule has 0 amide bonds. The Morgan fingerprint density at radius 3 is 0.970 bits per heavy atom. The molecule has 0 aromatic heterocycles. The number of carbonyl (C=O) groups excluding carboxylic acids is 3. The van der Waals surface area contributed by atoms with Gasteiger partial charge >= 0.3 is 17.9 Å². The first kappa shape index (κ1) is 62.1. The molecule has 0 spiro atoms. The van der Waals surface area contributed by atoms with Crippen molar-refractivity contribution in [3.8, 4) is 0 Å². The van der Waals surface area contributed by atoms with E-state index in [1.165, 1.54) is 70.6 Å². The van der Waals surface area contributed by atoms with Crippen molar-refractivity contribution >= 4 is 17.9 Å². The summed E-state index contributed by atoms with van der Waals surface area (Å²) in [6.07, 6.45) is 72.0. The van der Waals surface area contributed by atoms with Crippen molar-refractivity contribution in [2.24, 2.45) is 0 Å². The van der Waals surface area contributed by atoms with Crippen LogP contribution in [-0.2, 0) is 28.6 Å². The maximum atomic E-state index is 12.8. The molecule has 0 saturated heterocycles. The Kier molecular flexibility index (Phi) is 50.5. The van der Waals surface area contributed by atoms with Gasteiger partial charge in [-0.2, -0.15) is 0 Å². The number of hydrogen-bond donors (Lipinski definition) is 0. The predicted molar refractivity (Wildman–Crippen MR) is 283 cm³/mol. The molecule has 0 fully saturated rings. The van der Waals surface area contributed by atoms with Crippen LogP contribution in [0, 0.1) is 0 Å². The van der Waals surface area contributed by atoms with Gasteiger partial charge in [0.05, 0.1) is 0 Å². The fourth-order valence-electron chi connectivity index (χ4n) is 7.09. The Hall–Kier alpha value is -3.93. The lowest BCUT2D eigenvalue weighted by Crippen LogP contribution is -2.30. The highest BCUT2D eigenvalue weighted by Crippen LogP contribution is 2.13. The van der Waals surface area contributed by atoms with Gasteiger partial charge in [0, 0.05) is 19.3 Å². The molecule has 0 aliphatic carbocycles. The SMILES string of the molecule is CC\C=C/C=C\C=C/C=C\CCCCCCCC(=O)OC(COC(=O)CCCCCCC\C=C/C=C\C=C/CCCCCCC)COC(=O)CCCCCCCC/C=C\C=C/CCCCC. The molecule has 0 rings (SSSR count). The molecular weight excluding hydrogens is 817 g/mol. The summed E-state index contributed by atoms with van der Waals surface area (Å²) in [4.78, 5) is 38.1. The van der Waals surface area contributed by atoms with E-state index in [2.05, 4.69) is 106 Å². The first-order valence-corrected chi connectivity index (χ1v) is 27.0. The van der Waals surface area contributed by atoms with Crippen LogP contribution >= 0.6 is 0 Å². The van der Waals surface area contributed by atoms with Gasteiger partial charge in [-0.25, -0.2) is 0 Å². The minimum Gasteiger partial charge on any atom is -0.462 e. The Morgan fingerprint density at radius 2 is 0.591 bits per heavy atom. The zero-order chi connectivity index (χ0) is 47.9. The van der Waals surface area contributed by atoms with Crippen molar-refractivity contribution in [2.45, 2.75) is 239 Å². The predicted octanol–water partition coefficient (Wildman–Crippen LogP) is 17.9. The molecule has 0 aliphatic heterocycles. The summed E-state index contributed by atoms with van der Waals surface area (Å²) in [5.74, 6) is -0.960. The summed E-state index contributed by atoms with van der Waals surface area (Å²) < 4.78 is 16.8. The van der Waals surface area contributed by atoms with E-state index in [4.69, 9.17) is 14.2 Å². The van der Waals surface area contributed by atoms with Gasteiger partial charge in [-0.3, -0.25) is 14.4 Å². The van der Waals surface area contributed by atoms with Crippen molar-refractivity contribution in [1.29, 1.82) is 0 Å². The number of hydrogen-bond acceptors (Lipinski definition) is 6. The van der Waals surface area contributed by atoms with Gasteiger partial charge in [-0.05, 0) is 89.9 Å². The van der Waals surface area contributed by atoms with E-state index in [-0.39, 0.29) is 31.1 Å². The lowest BCUT2D eigenvalue weighted by molar-refractivity contribution is -0.167. The fraction of sp³-hybridized carbons (Fsp3) is 0.650. The summed E-state index contributed by atoms with van der Waals surface area (Å²) in [6.45, 7) is 6.40. The second-order valence-electron chi connectivity index (χ2n) is 17.6. The summed E-state index contributed by atoms with van der Waals surface area (Å²) in [5, 5.41) is 0. The Labute approximate surface area is 406 Å². The highest BCUT2D eigenvalue weighted by molar-refractivity contribution is 5.71. The number of esters is 3. The molecular formula is C60H98O6. The molecule has 0 bridgehead atoms. The maximum absolute atomic E-state index is 12.8. The summed E-state index contributed by atoms with van der Waals surface area (Å²) in [6, 6.07) is 0. The van der Waals surface area contributed by atoms with Gasteiger partial charge in [0.1, 0.15) is 13.2 Å². The molecule has 374 valence electrons. The van der Waals surface area contributed by atoms with E-state index in [0.29, 0.717) is 19.3 Å². The molecule has 0 aliphatic rings. The van der Waals surface area contributed by atoms with Crippen LogP contribution in [0.15, 0.2) is 109 Å². The summed E-state index contributed by atoms with van der Waals surface area (Å²) >= 11 is 0. The smallest absolute Gasteiger partial charge is 0.306 e. The van der Waals surface area contributed by atoms with E-state index in [0.717, 1.165) is 122 Å². The van der Waals surface area contributed by atoms with Gasteiger partial charge in [0.15, 0.2) is 6.10 Å². The lowest BCUT2D eigenvalue weighted by atomic mass is 10.1. The molecule has 0 aromatic rings. The first-order chi connectivity index (χ1) is 32.5. The third-order valence-electron chi connectivity index (χ3n) is 11.2. The standard InChI is InChI=1S/C60H98O6/c1-4-7-10-13-16-19-22-25-28-29-30-33-35-38-41-44-47-50-53-59(62)65-56-57(66-60(63)54-51-48-45-42-39-36-32-27-24-21-18-15-12-9-6-3)55-64-58(61)52-49-46-43-40-37-34-31-26-23-20-17-14-11-8-5-2/h9,12,15,17-18,20-30,32-33,57H,4-8,10-11,13-14,16,19,31,34-56H2,1-3H3/b12-9-,18-15-,20-17-,24-21-,25-22-,26-23-,29-28-,32-27-,33-30-. The molecule has 1 unspecified atom stereocenters. The van der Waals surface area contributed by atoms with Crippen LogP contribution in [0.5, 0.6) is 0 Å². The molecule has 0 heterocycles. The summed E-state index contributed by atoms with van der Waals surface area (Å²) in [5.41, 5.74) is 0. The van der Waals surface area contributed by atoms with Crippen molar-refractivity contribution in [1.82, 2.24) is 0 Å². The Morgan fingerprint density at radius 1 is 0.318 bits per heavy atom. The minimum atomic E-state index is -0.806. The van der Waals surface area contributed by atoms with Crippen LogP contribution in [0.2, 0.25) is 0 Å². The molecule has 6 nitrogen and oxygen atoms in total. The highest BCUT2D eigenvalue weighted by Gasteiger charge is 2.19. The van der Waals surface area contributed by atoms with Crippen LogP contribution < -0.4 is 0 Å². The van der Waals surface area contributed by atoms with Crippen LogP contribution in [0.1, 0.15) is 233 Å². The van der Waals surface area contributed by atoms with Crippen LogP contribution in [0.4, 0.5) is 0 Å². The van der Waals surface area contributed by atoms with Crippen molar-refractivity contribution in [3.63, 3.8) is 0 Å². The third-order valence-corrected chi connectivity index (χ3v) is 11.2. The maximum Gasteiger partial charge on any atom is 0.306 e. The van der Waals surface area contributed by atoms with Crippen LogP contribution in [0.3, 0.4) is 0 Å². The normalized spacial score (nSPS) is 13.0. The van der Waals surface area contributed by atoms with Gasteiger partial charge in [0.2, 0.25) is 0 Å². The number of rotatable bonds is 47. The van der Waals surface area contributed by atoms with Crippen molar-refractivity contribution in [3.05, 3.63) is 109 Å². The monoisotopic (exact) mass is 915 g/mol. The Balaban J connectivity index is 4.50. The molecule has 0 radical (unpaired) electrons. The minimum absolute atomic E-state index is 0.103. The number of carbonyl (C=O) groups is 3.